The van der Waals surface area contributed by atoms with Crippen molar-refractivity contribution < 1.29 is 9.47 Å². The van der Waals surface area contributed by atoms with E-state index in [4.69, 9.17) is 9.47 Å². The van der Waals surface area contributed by atoms with E-state index in [0.717, 1.165) is 18.0 Å². The number of para-hydroxylation sites is 2. The average Bonchev–Trinajstić information content (AvgIpc) is 2.36. The molecule has 1 rings (SSSR count). The molecular weight excluding hydrogens is 226 g/mol. The molecule has 3 nitrogen and oxygen atoms in total. The van der Waals surface area contributed by atoms with Crippen molar-refractivity contribution in [2.75, 3.05) is 19.8 Å². The van der Waals surface area contributed by atoms with Crippen molar-refractivity contribution in [3.05, 3.63) is 24.3 Å². The quantitative estimate of drug-likeness (QED) is 0.770. The number of hydrogen-bond donors (Lipinski definition) is 1. The van der Waals surface area contributed by atoms with Crippen molar-refractivity contribution in [1.82, 2.24) is 5.32 Å². The van der Waals surface area contributed by atoms with Gasteiger partial charge in [-0.2, -0.15) is 0 Å². The van der Waals surface area contributed by atoms with Crippen molar-refractivity contribution in [2.45, 2.75) is 33.7 Å². The number of rotatable bonds is 8. The van der Waals surface area contributed by atoms with Gasteiger partial charge in [-0.1, -0.05) is 32.9 Å². The van der Waals surface area contributed by atoms with Gasteiger partial charge in [0.1, 0.15) is 6.61 Å². The van der Waals surface area contributed by atoms with Crippen LogP contribution in [0.1, 0.15) is 27.7 Å². The average molecular weight is 251 g/mol. The van der Waals surface area contributed by atoms with Gasteiger partial charge in [-0.3, -0.25) is 0 Å². The van der Waals surface area contributed by atoms with E-state index < -0.39 is 0 Å². The molecule has 18 heavy (non-hydrogen) atoms. The summed E-state index contributed by atoms with van der Waals surface area (Å²) in [4.78, 5) is 0. The number of benzene rings is 1. The van der Waals surface area contributed by atoms with Crippen LogP contribution < -0.4 is 14.8 Å². The SMILES string of the molecule is CCNC(COc1ccccc1OCC)C(C)C. The number of hydrogen-bond acceptors (Lipinski definition) is 3. The third-order valence-electron chi connectivity index (χ3n) is 2.84. The summed E-state index contributed by atoms with van der Waals surface area (Å²) in [6.45, 7) is 10.8. The Morgan fingerprint density at radius 1 is 1.06 bits per heavy atom. The summed E-state index contributed by atoms with van der Waals surface area (Å²) in [5, 5.41) is 3.44. The van der Waals surface area contributed by atoms with E-state index in [0.29, 0.717) is 25.2 Å². The van der Waals surface area contributed by atoms with Crippen molar-refractivity contribution in [1.29, 1.82) is 0 Å². The fourth-order valence-electron chi connectivity index (χ4n) is 1.77. The van der Waals surface area contributed by atoms with Crippen LogP contribution in [-0.4, -0.2) is 25.8 Å². The molecule has 0 saturated heterocycles. The summed E-state index contributed by atoms with van der Waals surface area (Å²) in [6.07, 6.45) is 0. The van der Waals surface area contributed by atoms with Gasteiger partial charge in [0.2, 0.25) is 0 Å². The Hall–Kier alpha value is -1.22. The summed E-state index contributed by atoms with van der Waals surface area (Å²) < 4.78 is 11.4. The van der Waals surface area contributed by atoms with Gasteiger partial charge >= 0.3 is 0 Å². The highest BCUT2D eigenvalue weighted by Crippen LogP contribution is 2.26. The first-order valence-corrected chi connectivity index (χ1v) is 6.77. The predicted molar refractivity (Wildman–Crippen MR) is 75.4 cm³/mol. The summed E-state index contributed by atoms with van der Waals surface area (Å²) in [5.74, 6) is 2.19. The Morgan fingerprint density at radius 2 is 1.67 bits per heavy atom. The Labute approximate surface area is 110 Å². The molecule has 0 fully saturated rings. The monoisotopic (exact) mass is 251 g/mol. The molecule has 0 aliphatic carbocycles. The Balaban J connectivity index is 2.60. The zero-order chi connectivity index (χ0) is 13.4. The molecule has 1 unspecified atom stereocenters. The lowest BCUT2D eigenvalue weighted by Gasteiger charge is -2.22. The Bertz CT molecular complexity index is 339. The van der Waals surface area contributed by atoms with E-state index in [2.05, 4.69) is 26.1 Å². The third kappa shape index (κ3) is 4.57. The van der Waals surface area contributed by atoms with E-state index >= 15 is 0 Å². The summed E-state index contributed by atoms with van der Waals surface area (Å²) >= 11 is 0. The highest BCUT2D eigenvalue weighted by Gasteiger charge is 2.13. The number of likely N-dealkylation sites (N-methyl/N-ethyl adjacent to an activating group) is 1. The van der Waals surface area contributed by atoms with Gasteiger partial charge in [-0.25, -0.2) is 0 Å². The van der Waals surface area contributed by atoms with Crippen LogP contribution >= 0.6 is 0 Å². The van der Waals surface area contributed by atoms with E-state index in [1.807, 2.05) is 31.2 Å². The minimum atomic E-state index is 0.365. The van der Waals surface area contributed by atoms with Gasteiger partial charge < -0.3 is 14.8 Å². The van der Waals surface area contributed by atoms with E-state index in [-0.39, 0.29) is 0 Å². The first kappa shape index (κ1) is 14.8. The smallest absolute Gasteiger partial charge is 0.161 e. The standard InChI is InChI=1S/C15H25NO2/c1-5-16-13(12(3)4)11-18-15-10-8-7-9-14(15)17-6-2/h7-10,12-13,16H,5-6,11H2,1-4H3. The molecule has 0 bridgehead atoms. The second-order valence-corrected chi connectivity index (χ2v) is 4.60. The van der Waals surface area contributed by atoms with Crippen LogP contribution in [0.5, 0.6) is 11.5 Å². The first-order chi connectivity index (χ1) is 8.69. The van der Waals surface area contributed by atoms with Gasteiger partial charge in [0.05, 0.1) is 6.61 Å². The molecule has 0 aromatic heterocycles. The first-order valence-electron chi connectivity index (χ1n) is 6.77. The van der Waals surface area contributed by atoms with Crippen molar-refractivity contribution in [3.8, 4) is 11.5 Å². The second-order valence-electron chi connectivity index (χ2n) is 4.60. The third-order valence-corrected chi connectivity index (χ3v) is 2.84. The zero-order valence-corrected chi connectivity index (χ0v) is 11.9. The lowest BCUT2D eigenvalue weighted by atomic mass is 10.1. The topological polar surface area (TPSA) is 30.5 Å². The van der Waals surface area contributed by atoms with Crippen molar-refractivity contribution in [3.63, 3.8) is 0 Å². The molecule has 0 spiro atoms. The van der Waals surface area contributed by atoms with Gasteiger partial charge in [-0.05, 0) is 31.5 Å². The largest absolute Gasteiger partial charge is 0.490 e. The molecule has 0 radical (unpaired) electrons. The minimum Gasteiger partial charge on any atom is -0.490 e. The number of nitrogens with one attached hydrogen (secondary N) is 1. The maximum atomic E-state index is 5.88. The Morgan fingerprint density at radius 3 is 2.17 bits per heavy atom. The molecule has 1 N–H and O–H groups in total. The van der Waals surface area contributed by atoms with Crippen LogP contribution in [0.15, 0.2) is 24.3 Å². The molecule has 1 aromatic carbocycles. The molecule has 3 heteroatoms. The lowest BCUT2D eigenvalue weighted by molar-refractivity contribution is 0.220. The van der Waals surface area contributed by atoms with Crippen LogP contribution in [0, 0.1) is 5.92 Å². The van der Waals surface area contributed by atoms with Crippen LogP contribution in [0.3, 0.4) is 0 Å². The number of ether oxygens (including phenoxy) is 2. The lowest BCUT2D eigenvalue weighted by Crippen LogP contribution is -2.38. The van der Waals surface area contributed by atoms with E-state index in [1.165, 1.54) is 0 Å². The summed E-state index contributed by atoms with van der Waals surface area (Å²) in [6, 6.07) is 8.19. The van der Waals surface area contributed by atoms with E-state index in [9.17, 15) is 0 Å². The van der Waals surface area contributed by atoms with Crippen LogP contribution in [0.4, 0.5) is 0 Å². The molecule has 1 aromatic rings. The van der Waals surface area contributed by atoms with Crippen LogP contribution in [-0.2, 0) is 0 Å². The maximum Gasteiger partial charge on any atom is 0.161 e. The summed E-state index contributed by atoms with van der Waals surface area (Å²) in [5.41, 5.74) is 0. The van der Waals surface area contributed by atoms with Crippen molar-refractivity contribution in [2.24, 2.45) is 5.92 Å². The maximum absolute atomic E-state index is 5.88. The second kappa shape index (κ2) is 7.98. The van der Waals surface area contributed by atoms with E-state index in [1.54, 1.807) is 0 Å². The predicted octanol–water partition coefficient (Wildman–Crippen LogP) is 3.10. The molecule has 0 heterocycles. The Kier molecular flexibility index (Phi) is 6.58. The summed E-state index contributed by atoms with van der Waals surface area (Å²) in [7, 11) is 0. The highest BCUT2D eigenvalue weighted by molar-refractivity contribution is 5.39. The minimum absolute atomic E-state index is 0.365. The molecular formula is C15H25NO2. The van der Waals surface area contributed by atoms with Gasteiger partial charge in [0, 0.05) is 6.04 Å². The van der Waals surface area contributed by atoms with Crippen molar-refractivity contribution >= 4 is 0 Å². The van der Waals surface area contributed by atoms with Gasteiger partial charge in [0.15, 0.2) is 11.5 Å². The molecule has 1 atom stereocenters. The van der Waals surface area contributed by atoms with Gasteiger partial charge in [-0.15, -0.1) is 0 Å². The molecule has 0 amide bonds. The normalized spacial score (nSPS) is 12.5. The fourth-order valence-corrected chi connectivity index (χ4v) is 1.77. The van der Waals surface area contributed by atoms with Crippen LogP contribution in [0.25, 0.3) is 0 Å². The van der Waals surface area contributed by atoms with Gasteiger partial charge in [0.25, 0.3) is 0 Å². The molecule has 0 aliphatic heterocycles. The highest BCUT2D eigenvalue weighted by atomic mass is 16.5. The zero-order valence-electron chi connectivity index (χ0n) is 11.9. The molecule has 0 saturated carbocycles. The fraction of sp³-hybridized carbons (Fsp3) is 0.600. The molecule has 102 valence electrons. The molecule has 0 aliphatic rings. The van der Waals surface area contributed by atoms with Crippen LogP contribution in [0.2, 0.25) is 0 Å².